The summed E-state index contributed by atoms with van der Waals surface area (Å²) in [4.78, 5) is 69.8. The molecule has 6 aromatic rings. The van der Waals surface area contributed by atoms with Crippen molar-refractivity contribution in [2.45, 2.75) is 102 Å². The fraction of sp³-hybridized carbons (Fsp3) is 0.328. The molecule has 0 saturated carbocycles. The van der Waals surface area contributed by atoms with Crippen molar-refractivity contribution < 1.29 is 50.2 Å². The van der Waals surface area contributed by atoms with E-state index in [1.807, 2.05) is 62.4 Å². The van der Waals surface area contributed by atoms with Crippen LogP contribution in [0.15, 0.2) is 155 Å². The molecule has 1 unspecified atom stereocenters. The van der Waals surface area contributed by atoms with Gasteiger partial charge in [-0.2, -0.15) is 21.8 Å². The van der Waals surface area contributed by atoms with Gasteiger partial charge in [-0.15, -0.1) is 0 Å². The molecule has 1 aliphatic heterocycles. The molecule has 2 aromatic heterocycles. The first kappa shape index (κ1) is 61.6. The molecule has 21 nitrogen and oxygen atoms in total. The number of hydrogen-bond donors (Lipinski definition) is 8. The van der Waals surface area contributed by atoms with Gasteiger partial charge < -0.3 is 36.4 Å². The SMILES string of the molecule is CC(C)(C(=O)C=CC1=C(Oc2ccc(CC(NC(=O)c3ccc(NCc4cnc5nc(N)[nH]c(=O)c5n4)cc3)C(=O)O)cc2)C(=CC=C2N(CCCCS(=O)(=O)O)c3ccccc3C2(C)C)CCC1)c1ccccc1NCCCCS(=O)(=O)O. The molecule has 0 saturated heterocycles. The Kier molecular flexibility index (Phi) is 19.3. The molecule has 2 aliphatic rings. The number of anilines is 4. The summed E-state index contributed by atoms with van der Waals surface area (Å²) < 4.78 is 71.2. The van der Waals surface area contributed by atoms with Gasteiger partial charge in [0.1, 0.15) is 17.6 Å². The first-order valence-corrected chi connectivity index (χ1v) is 30.7. The zero-order valence-electron chi connectivity index (χ0n) is 47.1. The maximum absolute atomic E-state index is 14.4. The lowest BCUT2D eigenvalue weighted by molar-refractivity contribution is -0.139. The van der Waals surface area contributed by atoms with Gasteiger partial charge in [0.25, 0.3) is 31.7 Å². The molecule has 4 aromatic carbocycles. The number of hydrogen-bond acceptors (Lipinski definition) is 16. The average molecular weight is 1180 g/mol. The Bertz CT molecular complexity index is 3860. The number of rotatable bonds is 26. The van der Waals surface area contributed by atoms with Gasteiger partial charge in [-0.3, -0.25) is 28.5 Å². The molecular weight excluding hydrogens is 1110 g/mol. The molecule has 0 fully saturated rings. The van der Waals surface area contributed by atoms with Crippen molar-refractivity contribution >= 4 is 72.1 Å². The Balaban J connectivity index is 1.02. The van der Waals surface area contributed by atoms with Crippen LogP contribution in [0.3, 0.4) is 0 Å². The Hall–Kier alpha value is -8.51. The molecule has 442 valence electrons. The number of carboxylic acid groups (broad SMARTS) is 1. The minimum atomic E-state index is -4.13. The zero-order valence-corrected chi connectivity index (χ0v) is 48.7. The van der Waals surface area contributed by atoms with E-state index in [-0.39, 0.29) is 65.8 Å². The minimum absolute atomic E-state index is 0.0383. The predicted octanol–water partition coefficient (Wildman–Crippen LogP) is 8.61. The van der Waals surface area contributed by atoms with Crippen LogP contribution < -0.4 is 36.9 Å². The largest absolute Gasteiger partial charge is 0.480 e. The van der Waals surface area contributed by atoms with Crippen LogP contribution in [-0.4, -0.2) is 99.3 Å². The topological polar surface area (TPSA) is 326 Å². The molecule has 1 atom stereocenters. The number of fused-ring (bicyclic) bond motifs is 2. The van der Waals surface area contributed by atoms with Gasteiger partial charge in [-0.05, 0) is 147 Å². The van der Waals surface area contributed by atoms with E-state index in [0.29, 0.717) is 67.2 Å². The van der Waals surface area contributed by atoms with Crippen LogP contribution in [0.1, 0.15) is 105 Å². The van der Waals surface area contributed by atoms with Crippen molar-refractivity contribution in [3.05, 3.63) is 188 Å². The standard InChI is InChI=1S/C61H69N9O12S2/c1-60(2)47-17-6-8-19-50(47)70(33-10-12-35-84(79,80)81)51(60)30-24-40-14-13-15-41(25-31-52(71)61(3,4)46-16-5-7-18-48(46)63-32-9-11-34-83(76,77)78)54(40)82-45-28-20-39(21-29-45)36-49(58(74)75)67-56(72)42-22-26-43(27-23-42)64-37-44-38-65-55-53(66-44)57(73)69-59(62)68-55/h5-8,16-31,38,49,63-64H,9-15,32-37H2,1-4H3,(H,67,72)(H,74,75)(H,76,77,78)(H,79,80,81)(H3,62,65,68,69,73). The van der Waals surface area contributed by atoms with Gasteiger partial charge in [-0.1, -0.05) is 74.5 Å². The van der Waals surface area contributed by atoms with Crippen molar-refractivity contribution in [1.29, 1.82) is 0 Å². The molecule has 8 rings (SSSR count). The summed E-state index contributed by atoms with van der Waals surface area (Å²) in [5.41, 5.74) is 11.8. The second-order valence-corrected chi connectivity index (χ2v) is 24.9. The highest BCUT2D eigenvalue weighted by Gasteiger charge is 2.39. The van der Waals surface area contributed by atoms with E-state index in [2.05, 4.69) is 66.8 Å². The molecule has 0 spiro atoms. The first-order chi connectivity index (χ1) is 39.9. The van der Waals surface area contributed by atoms with Crippen molar-refractivity contribution in [2.75, 3.05) is 45.9 Å². The van der Waals surface area contributed by atoms with Crippen LogP contribution in [0.5, 0.6) is 5.75 Å². The van der Waals surface area contributed by atoms with E-state index in [0.717, 1.165) is 45.8 Å². The number of benzene rings is 4. The van der Waals surface area contributed by atoms with E-state index < -0.39 is 54.5 Å². The lowest BCUT2D eigenvalue weighted by Crippen LogP contribution is -2.42. The molecule has 84 heavy (non-hydrogen) atoms. The monoisotopic (exact) mass is 1180 g/mol. The first-order valence-electron chi connectivity index (χ1n) is 27.5. The summed E-state index contributed by atoms with van der Waals surface area (Å²) in [6.07, 6.45) is 12.3. The molecule has 0 bridgehead atoms. The number of ketones is 1. The highest BCUT2D eigenvalue weighted by Crippen LogP contribution is 2.48. The average Bonchev–Trinajstić information content (AvgIpc) is 1.75. The van der Waals surface area contributed by atoms with Gasteiger partial charge in [0, 0.05) is 53.2 Å². The van der Waals surface area contributed by atoms with Crippen LogP contribution in [-0.2, 0) is 53.6 Å². The molecular formula is C61H69N9O12S2. The number of unbranched alkanes of at least 4 members (excludes halogenated alkanes) is 2. The van der Waals surface area contributed by atoms with Crippen LogP contribution >= 0.6 is 0 Å². The lowest BCUT2D eigenvalue weighted by Gasteiger charge is -2.28. The van der Waals surface area contributed by atoms with Crippen LogP contribution in [0.2, 0.25) is 0 Å². The second-order valence-electron chi connectivity index (χ2n) is 21.8. The number of aliphatic carboxylic acids is 1. The number of nitrogens with two attached hydrogens (primary N) is 1. The van der Waals surface area contributed by atoms with Crippen LogP contribution in [0.25, 0.3) is 11.2 Å². The number of nitrogens with zero attached hydrogens (tertiary/aromatic N) is 4. The summed E-state index contributed by atoms with van der Waals surface area (Å²) in [7, 11) is -8.21. The number of allylic oxidation sites excluding steroid dienone is 7. The highest BCUT2D eigenvalue weighted by molar-refractivity contribution is 7.86. The Labute approximate surface area is 487 Å². The number of carbonyl (C=O) groups is 3. The molecule has 23 heteroatoms. The number of carbonyl (C=O) groups excluding carboxylic acids is 2. The lowest BCUT2D eigenvalue weighted by atomic mass is 9.79. The van der Waals surface area contributed by atoms with E-state index in [4.69, 9.17) is 15.0 Å². The van der Waals surface area contributed by atoms with E-state index in [1.165, 1.54) is 6.20 Å². The van der Waals surface area contributed by atoms with Crippen LogP contribution in [0.4, 0.5) is 23.0 Å². The fourth-order valence-electron chi connectivity index (χ4n) is 10.3. The zero-order chi connectivity index (χ0) is 60.4. The number of H-pyrrole nitrogens is 1. The third kappa shape index (κ3) is 15.8. The summed E-state index contributed by atoms with van der Waals surface area (Å²) in [6, 6.07) is 27.5. The van der Waals surface area contributed by atoms with Gasteiger partial charge in [0.15, 0.2) is 16.9 Å². The summed E-state index contributed by atoms with van der Waals surface area (Å²) in [5, 5.41) is 19.4. The number of para-hydroxylation sites is 2. The normalized spacial score (nSPS) is 15.8. The number of carboxylic acids is 1. The summed E-state index contributed by atoms with van der Waals surface area (Å²) in [6.45, 7) is 9.05. The highest BCUT2D eigenvalue weighted by atomic mass is 32.2. The smallest absolute Gasteiger partial charge is 0.326 e. The van der Waals surface area contributed by atoms with Crippen molar-refractivity contribution in [1.82, 2.24) is 25.3 Å². The van der Waals surface area contributed by atoms with Crippen molar-refractivity contribution in [3.8, 4) is 5.75 Å². The van der Waals surface area contributed by atoms with Gasteiger partial charge in [0.05, 0.1) is 35.4 Å². The van der Waals surface area contributed by atoms with Crippen molar-refractivity contribution in [3.63, 3.8) is 0 Å². The van der Waals surface area contributed by atoms with E-state index >= 15 is 0 Å². The number of aromatic nitrogens is 4. The number of aromatic amines is 1. The van der Waals surface area contributed by atoms with Gasteiger partial charge in [-0.25, -0.2) is 14.8 Å². The summed E-state index contributed by atoms with van der Waals surface area (Å²) >= 11 is 0. The van der Waals surface area contributed by atoms with Crippen molar-refractivity contribution in [2.24, 2.45) is 0 Å². The Morgan fingerprint density at radius 3 is 2.26 bits per heavy atom. The maximum Gasteiger partial charge on any atom is 0.326 e. The molecule has 1 amide bonds. The summed E-state index contributed by atoms with van der Waals surface area (Å²) in [5.74, 6) is -1.81. The molecule has 1 aliphatic carbocycles. The molecule has 0 radical (unpaired) electrons. The number of amides is 1. The quantitative estimate of drug-likeness (QED) is 0.0143. The second kappa shape index (κ2) is 26.4. The molecule has 9 N–H and O–H groups in total. The maximum atomic E-state index is 14.4. The van der Waals surface area contributed by atoms with E-state index in [1.54, 1.807) is 60.7 Å². The van der Waals surface area contributed by atoms with Crippen LogP contribution in [0, 0.1) is 0 Å². The minimum Gasteiger partial charge on any atom is -0.480 e. The number of nitrogen functional groups attached to an aromatic ring is 1. The predicted molar refractivity (Wildman–Crippen MR) is 323 cm³/mol. The number of ether oxygens (including phenoxy) is 1. The Morgan fingerprint density at radius 1 is 0.857 bits per heavy atom. The fourth-order valence-corrected chi connectivity index (χ4v) is 11.4. The van der Waals surface area contributed by atoms with Gasteiger partial charge >= 0.3 is 5.97 Å². The number of nitrogens with one attached hydrogen (secondary N) is 4. The Morgan fingerprint density at radius 2 is 1.55 bits per heavy atom. The third-order valence-electron chi connectivity index (χ3n) is 14.8. The van der Waals surface area contributed by atoms with Gasteiger partial charge in [0.2, 0.25) is 5.95 Å². The van der Waals surface area contributed by atoms with E-state index in [9.17, 15) is 45.7 Å². The molecule has 3 heterocycles. The third-order valence-corrected chi connectivity index (χ3v) is 16.5.